The number of amides is 1. The Hall–Kier alpha value is -2.60. The number of halogens is 1. The predicted octanol–water partition coefficient (Wildman–Crippen LogP) is 3.30. The van der Waals surface area contributed by atoms with E-state index in [1.807, 2.05) is 32.0 Å². The number of carbonyl (C=O) groups is 2. The van der Waals surface area contributed by atoms with Gasteiger partial charge in [-0.25, -0.2) is 9.78 Å². The zero-order chi connectivity index (χ0) is 18.4. The van der Waals surface area contributed by atoms with Crippen LogP contribution in [0, 0.1) is 13.8 Å². The van der Waals surface area contributed by atoms with E-state index >= 15 is 0 Å². The highest BCUT2D eigenvalue weighted by Crippen LogP contribution is 2.22. The predicted molar refractivity (Wildman–Crippen MR) is 94.8 cm³/mol. The topological polar surface area (TPSA) is 77.5 Å². The summed E-state index contributed by atoms with van der Waals surface area (Å²) in [5.74, 6) is -0.157. The van der Waals surface area contributed by atoms with Gasteiger partial charge in [0.25, 0.3) is 5.91 Å². The van der Waals surface area contributed by atoms with Crippen molar-refractivity contribution < 1.29 is 19.1 Å². The molecule has 2 aromatic rings. The van der Waals surface area contributed by atoms with Gasteiger partial charge in [0, 0.05) is 6.20 Å². The number of ether oxygens (including phenoxy) is 2. The second kappa shape index (κ2) is 8.48. The average Bonchev–Trinajstić information content (AvgIpc) is 2.56. The molecule has 0 aliphatic heterocycles. The summed E-state index contributed by atoms with van der Waals surface area (Å²) in [6, 6.07) is 8.84. The normalized spacial score (nSPS) is 11.5. The molecule has 7 heteroatoms. The minimum Gasteiger partial charge on any atom is -0.481 e. The van der Waals surface area contributed by atoms with Gasteiger partial charge in [0.05, 0.1) is 5.02 Å². The number of aryl methyl sites for hydroxylation is 2. The van der Waals surface area contributed by atoms with Crippen molar-refractivity contribution in [3.63, 3.8) is 0 Å². The number of nitrogens with zero attached hydrogens (tertiary/aromatic N) is 1. The number of nitrogens with one attached hydrogen (secondary N) is 1. The highest BCUT2D eigenvalue weighted by molar-refractivity contribution is 6.30. The number of anilines is 1. The second-order valence-electron chi connectivity index (χ2n) is 5.49. The number of para-hydroxylation sites is 1. The molecular formula is C18H19ClN2O4. The Morgan fingerprint density at radius 1 is 1.20 bits per heavy atom. The molecule has 1 amide bonds. The molecule has 0 unspecified atom stereocenters. The van der Waals surface area contributed by atoms with Crippen LogP contribution in [0.4, 0.5) is 5.82 Å². The zero-order valence-electron chi connectivity index (χ0n) is 14.2. The molecule has 0 saturated heterocycles. The van der Waals surface area contributed by atoms with E-state index in [4.69, 9.17) is 21.1 Å². The number of benzene rings is 1. The third-order valence-corrected chi connectivity index (χ3v) is 3.62. The molecule has 0 fully saturated rings. The zero-order valence-corrected chi connectivity index (χ0v) is 15.0. The van der Waals surface area contributed by atoms with Gasteiger partial charge in [0.15, 0.2) is 12.7 Å². The summed E-state index contributed by atoms with van der Waals surface area (Å²) in [5.41, 5.74) is 1.85. The first kappa shape index (κ1) is 18.7. The van der Waals surface area contributed by atoms with Crippen LogP contribution >= 0.6 is 11.6 Å². The Labute approximate surface area is 151 Å². The molecule has 1 aromatic carbocycles. The van der Waals surface area contributed by atoms with E-state index in [0.717, 1.165) is 11.1 Å². The smallest absolute Gasteiger partial charge is 0.344 e. The maximum absolute atomic E-state index is 12.0. The maximum atomic E-state index is 12.0. The van der Waals surface area contributed by atoms with Gasteiger partial charge in [-0.1, -0.05) is 29.8 Å². The lowest BCUT2D eigenvalue weighted by atomic mass is 10.1. The van der Waals surface area contributed by atoms with Crippen molar-refractivity contribution in [3.8, 4) is 5.75 Å². The SMILES string of the molecule is Cc1cccc(C)c1OCC(=O)O[C@H](C)C(=O)Nc1ccc(Cl)cn1. The molecule has 6 nitrogen and oxygen atoms in total. The maximum Gasteiger partial charge on any atom is 0.344 e. The van der Waals surface area contributed by atoms with E-state index in [1.165, 1.54) is 13.1 Å². The van der Waals surface area contributed by atoms with Crippen molar-refractivity contribution >= 4 is 29.3 Å². The van der Waals surface area contributed by atoms with E-state index in [-0.39, 0.29) is 6.61 Å². The summed E-state index contributed by atoms with van der Waals surface area (Å²) in [6.07, 6.45) is 0.429. The van der Waals surface area contributed by atoms with Gasteiger partial charge in [-0.3, -0.25) is 4.79 Å². The van der Waals surface area contributed by atoms with Crippen LogP contribution in [0.3, 0.4) is 0 Å². The number of hydrogen-bond donors (Lipinski definition) is 1. The average molecular weight is 363 g/mol. The van der Waals surface area contributed by atoms with Crippen LogP contribution in [0.25, 0.3) is 0 Å². The molecule has 2 rings (SSSR count). The first-order valence-corrected chi connectivity index (χ1v) is 8.05. The highest BCUT2D eigenvalue weighted by Gasteiger charge is 2.19. The minimum atomic E-state index is -0.980. The molecule has 0 aliphatic rings. The van der Waals surface area contributed by atoms with Crippen LogP contribution in [0.2, 0.25) is 5.02 Å². The van der Waals surface area contributed by atoms with Crippen molar-refractivity contribution in [2.75, 3.05) is 11.9 Å². The molecule has 0 aliphatic carbocycles. The number of rotatable bonds is 6. The summed E-state index contributed by atoms with van der Waals surface area (Å²) in [7, 11) is 0. The van der Waals surface area contributed by atoms with Crippen molar-refractivity contribution in [2.24, 2.45) is 0 Å². The summed E-state index contributed by atoms with van der Waals surface area (Å²) in [4.78, 5) is 27.8. The van der Waals surface area contributed by atoms with Crippen LogP contribution in [0.15, 0.2) is 36.5 Å². The number of pyridine rings is 1. The van der Waals surface area contributed by atoms with Gasteiger partial charge in [0.1, 0.15) is 11.6 Å². The molecule has 0 spiro atoms. The van der Waals surface area contributed by atoms with E-state index in [9.17, 15) is 9.59 Å². The molecule has 0 bridgehead atoms. The minimum absolute atomic E-state index is 0.275. The van der Waals surface area contributed by atoms with Gasteiger partial charge in [-0.05, 0) is 44.0 Å². The molecule has 132 valence electrons. The molecule has 25 heavy (non-hydrogen) atoms. The van der Waals surface area contributed by atoms with Gasteiger partial charge < -0.3 is 14.8 Å². The lowest BCUT2D eigenvalue weighted by Crippen LogP contribution is -2.32. The van der Waals surface area contributed by atoms with Crippen molar-refractivity contribution in [1.82, 2.24) is 4.98 Å². The largest absolute Gasteiger partial charge is 0.481 e. The first-order chi connectivity index (χ1) is 11.9. The Morgan fingerprint density at radius 3 is 2.48 bits per heavy atom. The second-order valence-corrected chi connectivity index (χ2v) is 5.93. The van der Waals surface area contributed by atoms with Gasteiger partial charge in [-0.15, -0.1) is 0 Å². The van der Waals surface area contributed by atoms with E-state index in [1.54, 1.807) is 12.1 Å². The molecule has 1 N–H and O–H groups in total. The number of carbonyl (C=O) groups excluding carboxylic acids is 2. The number of esters is 1. The molecule has 1 aromatic heterocycles. The van der Waals surface area contributed by atoms with Crippen LogP contribution in [-0.2, 0) is 14.3 Å². The molecule has 1 atom stereocenters. The fourth-order valence-corrected chi connectivity index (χ4v) is 2.23. The number of hydrogen-bond acceptors (Lipinski definition) is 5. The molecule has 0 radical (unpaired) electrons. The lowest BCUT2D eigenvalue weighted by molar-refractivity contribution is -0.155. The fourth-order valence-electron chi connectivity index (χ4n) is 2.12. The van der Waals surface area contributed by atoms with Gasteiger partial charge >= 0.3 is 5.97 Å². The standard InChI is InChI=1S/C18H19ClN2O4/c1-11-5-4-6-12(2)17(11)24-10-16(22)25-13(3)18(23)21-15-8-7-14(19)9-20-15/h4-9,13H,10H2,1-3H3,(H,20,21,23)/t13-/m1/s1. The molecule has 1 heterocycles. The van der Waals surface area contributed by atoms with Crippen molar-refractivity contribution in [3.05, 3.63) is 52.7 Å². The van der Waals surface area contributed by atoms with Crippen LogP contribution in [0.1, 0.15) is 18.1 Å². The van der Waals surface area contributed by atoms with E-state index in [2.05, 4.69) is 10.3 Å². The fraction of sp³-hybridized carbons (Fsp3) is 0.278. The third-order valence-electron chi connectivity index (χ3n) is 3.40. The van der Waals surface area contributed by atoms with Gasteiger partial charge in [-0.2, -0.15) is 0 Å². The Balaban J connectivity index is 1.85. The van der Waals surface area contributed by atoms with Crippen molar-refractivity contribution in [1.29, 1.82) is 0 Å². The summed E-state index contributed by atoms with van der Waals surface area (Å²) >= 11 is 5.73. The summed E-state index contributed by atoms with van der Waals surface area (Å²) < 4.78 is 10.6. The van der Waals surface area contributed by atoms with Crippen LogP contribution in [0.5, 0.6) is 5.75 Å². The van der Waals surface area contributed by atoms with Crippen LogP contribution < -0.4 is 10.1 Å². The molecular weight excluding hydrogens is 344 g/mol. The number of aromatic nitrogens is 1. The lowest BCUT2D eigenvalue weighted by Gasteiger charge is -2.15. The quantitative estimate of drug-likeness (QED) is 0.798. The first-order valence-electron chi connectivity index (χ1n) is 7.67. The van der Waals surface area contributed by atoms with E-state index < -0.39 is 18.0 Å². The Kier molecular flexibility index (Phi) is 6.36. The third kappa shape index (κ3) is 5.46. The highest BCUT2D eigenvalue weighted by atomic mass is 35.5. The summed E-state index contributed by atoms with van der Waals surface area (Å²) in [6.45, 7) is 4.98. The van der Waals surface area contributed by atoms with Crippen LogP contribution in [-0.4, -0.2) is 29.6 Å². The van der Waals surface area contributed by atoms with Crippen molar-refractivity contribution in [2.45, 2.75) is 26.9 Å². The summed E-state index contributed by atoms with van der Waals surface area (Å²) in [5, 5.41) is 3.00. The molecule has 0 saturated carbocycles. The Bertz CT molecular complexity index is 742. The monoisotopic (exact) mass is 362 g/mol. The van der Waals surface area contributed by atoms with E-state index in [0.29, 0.717) is 16.6 Å². The Morgan fingerprint density at radius 2 is 1.88 bits per heavy atom. The van der Waals surface area contributed by atoms with Gasteiger partial charge in [0.2, 0.25) is 0 Å².